The number of hydrogen-bond donors (Lipinski definition) is 0. The van der Waals surface area contributed by atoms with E-state index in [-0.39, 0.29) is 5.82 Å². The molecule has 3 aliphatic carbocycles. The van der Waals surface area contributed by atoms with Crippen LogP contribution in [0.15, 0.2) is 12.1 Å². The molecule has 126 valence electrons. The monoisotopic (exact) mass is 334 g/mol. The van der Waals surface area contributed by atoms with E-state index in [0.29, 0.717) is 5.02 Å². The van der Waals surface area contributed by atoms with Crippen molar-refractivity contribution >= 4 is 11.6 Å². The van der Waals surface area contributed by atoms with E-state index in [1.54, 1.807) is 6.07 Å². The third kappa shape index (κ3) is 3.06. The second-order valence-electron chi connectivity index (χ2n) is 8.51. The number of hydrogen-bond acceptors (Lipinski definition) is 0. The first-order valence-electron chi connectivity index (χ1n) is 9.57. The quantitative estimate of drug-likeness (QED) is 0.554. The number of benzene rings is 1. The second-order valence-corrected chi connectivity index (χ2v) is 8.92. The highest BCUT2D eigenvalue weighted by atomic mass is 35.5. The van der Waals surface area contributed by atoms with Gasteiger partial charge in [0.25, 0.3) is 0 Å². The maximum absolute atomic E-state index is 14.2. The van der Waals surface area contributed by atoms with Crippen LogP contribution in [0.25, 0.3) is 0 Å². The third-order valence-electron chi connectivity index (χ3n) is 7.12. The van der Waals surface area contributed by atoms with Crippen LogP contribution in [0.4, 0.5) is 4.39 Å². The molecule has 2 heteroatoms. The lowest BCUT2D eigenvalue weighted by molar-refractivity contribution is 0.0756. The molecule has 23 heavy (non-hydrogen) atoms. The zero-order valence-corrected chi connectivity index (χ0v) is 14.9. The average molecular weight is 335 g/mol. The van der Waals surface area contributed by atoms with Gasteiger partial charge in [0.15, 0.2) is 0 Å². The smallest absolute Gasteiger partial charge is 0.145 e. The van der Waals surface area contributed by atoms with E-state index in [4.69, 9.17) is 11.6 Å². The molecule has 0 bridgehead atoms. The summed E-state index contributed by atoms with van der Waals surface area (Å²) in [5, 5.41) is 0.291. The Kier molecular flexibility index (Phi) is 4.43. The van der Waals surface area contributed by atoms with Gasteiger partial charge in [0.05, 0.1) is 5.02 Å². The van der Waals surface area contributed by atoms with Crippen LogP contribution in [0.3, 0.4) is 0 Å². The van der Waals surface area contributed by atoms with Gasteiger partial charge in [-0.25, -0.2) is 4.39 Å². The predicted molar refractivity (Wildman–Crippen MR) is 94.3 cm³/mol. The standard InChI is InChI=1S/C21H28ClF/c1-13-2-3-15-11-16(5-4-14(15)10-13)17-6-8-19-18(12-17)7-9-20(22)21(19)23/h7,9,13-17H,2-6,8,10-12H2,1H3. The van der Waals surface area contributed by atoms with Crippen molar-refractivity contribution in [2.75, 3.05) is 0 Å². The SMILES string of the molecule is CC1CCC2CC(C3CCc4c(ccc(Cl)c4F)C3)CCC2C1. The minimum atomic E-state index is -0.160. The number of fused-ring (bicyclic) bond motifs is 2. The van der Waals surface area contributed by atoms with Crippen LogP contribution >= 0.6 is 11.6 Å². The van der Waals surface area contributed by atoms with Crippen molar-refractivity contribution in [3.8, 4) is 0 Å². The summed E-state index contributed by atoms with van der Waals surface area (Å²) in [6, 6.07) is 3.82. The normalized spacial score (nSPS) is 37.1. The molecule has 5 atom stereocenters. The molecule has 0 heterocycles. The van der Waals surface area contributed by atoms with Gasteiger partial charge in [-0.15, -0.1) is 0 Å². The molecule has 0 saturated heterocycles. The molecule has 0 nitrogen and oxygen atoms in total. The molecular weight excluding hydrogens is 307 g/mol. The van der Waals surface area contributed by atoms with Crippen LogP contribution in [0, 0.1) is 35.4 Å². The summed E-state index contributed by atoms with van der Waals surface area (Å²) >= 11 is 5.94. The summed E-state index contributed by atoms with van der Waals surface area (Å²) in [6.07, 6.45) is 11.8. The summed E-state index contributed by atoms with van der Waals surface area (Å²) < 4.78 is 14.2. The van der Waals surface area contributed by atoms with Crippen molar-refractivity contribution in [2.24, 2.45) is 29.6 Å². The fourth-order valence-electron chi connectivity index (χ4n) is 5.80. The van der Waals surface area contributed by atoms with Gasteiger partial charge in [-0.3, -0.25) is 0 Å². The van der Waals surface area contributed by atoms with Crippen molar-refractivity contribution in [1.82, 2.24) is 0 Å². The Balaban J connectivity index is 1.45. The Labute approximate surface area is 144 Å². The van der Waals surface area contributed by atoms with Crippen LogP contribution in [0.5, 0.6) is 0 Å². The Hall–Kier alpha value is -0.560. The molecule has 0 spiro atoms. The lowest BCUT2D eigenvalue weighted by atomic mass is 9.61. The largest absolute Gasteiger partial charge is 0.205 e. The zero-order chi connectivity index (χ0) is 16.0. The van der Waals surface area contributed by atoms with E-state index in [1.165, 1.54) is 44.1 Å². The number of rotatable bonds is 1. The van der Waals surface area contributed by atoms with Gasteiger partial charge in [0.2, 0.25) is 0 Å². The van der Waals surface area contributed by atoms with Crippen molar-refractivity contribution in [1.29, 1.82) is 0 Å². The predicted octanol–water partition coefficient (Wildman–Crippen LogP) is 6.44. The minimum absolute atomic E-state index is 0.160. The Morgan fingerprint density at radius 3 is 2.43 bits per heavy atom. The van der Waals surface area contributed by atoms with Gasteiger partial charge in [-0.2, -0.15) is 0 Å². The maximum Gasteiger partial charge on any atom is 0.145 e. The summed E-state index contributed by atoms with van der Waals surface area (Å²) in [6.45, 7) is 2.43. The summed E-state index contributed by atoms with van der Waals surface area (Å²) in [7, 11) is 0. The third-order valence-corrected chi connectivity index (χ3v) is 7.41. The average Bonchev–Trinajstić information content (AvgIpc) is 2.57. The maximum atomic E-state index is 14.2. The van der Waals surface area contributed by atoms with E-state index in [0.717, 1.165) is 54.4 Å². The lowest BCUT2D eigenvalue weighted by Gasteiger charge is -2.44. The fraction of sp³-hybridized carbons (Fsp3) is 0.714. The summed E-state index contributed by atoms with van der Waals surface area (Å²) in [5.41, 5.74) is 2.12. The molecule has 0 N–H and O–H groups in total. The van der Waals surface area contributed by atoms with Crippen LogP contribution in [0.2, 0.25) is 5.02 Å². The molecule has 1 aromatic carbocycles. The van der Waals surface area contributed by atoms with Crippen molar-refractivity contribution in [3.63, 3.8) is 0 Å². The van der Waals surface area contributed by atoms with Gasteiger partial charge < -0.3 is 0 Å². The Morgan fingerprint density at radius 2 is 1.61 bits per heavy atom. The molecule has 2 fully saturated rings. The zero-order valence-electron chi connectivity index (χ0n) is 14.2. The molecule has 0 radical (unpaired) electrons. The highest BCUT2D eigenvalue weighted by Crippen LogP contribution is 2.48. The first-order chi connectivity index (χ1) is 11.1. The van der Waals surface area contributed by atoms with E-state index in [2.05, 4.69) is 13.0 Å². The van der Waals surface area contributed by atoms with Crippen LogP contribution in [-0.4, -0.2) is 0 Å². The van der Waals surface area contributed by atoms with Gasteiger partial charge in [0.1, 0.15) is 5.82 Å². The molecule has 1 aromatic rings. The highest BCUT2D eigenvalue weighted by Gasteiger charge is 2.38. The minimum Gasteiger partial charge on any atom is -0.205 e. The van der Waals surface area contributed by atoms with Crippen LogP contribution < -0.4 is 0 Å². The topological polar surface area (TPSA) is 0 Å². The second kappa shape index (κ2) is 6.39. The highest BCUT2D eigenvalue weighted by molar-refractivity contribution is 6.30. The first kappa shape index (κ1) is 15.9. The first-order valence-corrected chi connectivity index (χ1v) is 9.95. The molecule has 5 unspecified atom stereocenters. The molecule has 3 aliphatic rings. The fourth-order valence-corrected chi connectivity index (χ4v) is 5.98. The van der Waals surface area contributed by atoms with Gasteiger partial charge in [-0.05, 0) is 98.1 Å². The van der Waals surface area contributed by atoms with E-state index < -0.39 is 0 Å². The van der Waals surface area contributed by atoms with Gasteiger partial charge >= 0.3 is 0 Å². The molecule has 4 rings (SSSR count). The molecular formula is C21H28ClF. The Bertz CT molecular complexity index is 581. The van der Waals surface area contributed by atoms with Crippen molar-refractivity contribution < 1.29 is 4.39 Å². The molecule has 0 aliphatic heterocycles. The summed E-state index contributed by atoms with van der Waals surface area (Å²) in [5.74, 6) is 4.41. The van der Waals surface area contributed by atoms with E-state index >= 15 is 0 Å². The van der Waals surface area contributed by atoms with Crippen molar-refractivity contribution in [3.05, 3.63) is 34.1 Å². The Morgan fingerprint density at radius 1 is 0.913 bits per heavy atom. The summed E-state index contributed by atoms with van der Waals surface area (Å²) in [4.78, 5) is 0. The van der Waals surface area contributed by atoms with E-state index in [9.17, 15) is 4.39 Å². The molecule has 2 saturated carbocycles. The lowest BCUT2D eigenvalue weighted by Crippen LogP contribution is -2.34. The van der Waals surface area contributed by atoms with Gasteiger partial charge in [-0.1, -0.05) is 31.0 Å². The van der Waals surface area contributed by atoms with Crippen molar-refractivity contribution in [2.45, 2.75) is 64.7 Å². The van der Waals surface area contributed by atoms with Crippen LogP contribution in [0.1, 0.15) is 63.0 Å². The van der Waals surface area contributed by atoms with Crippen LogP contribution in [-0.2, 0) is 12.8 Å². The molecule has 0 amide bonds. The molecule has 0 aromatic heterocycles. The van der Waals surface area contributed by atoms with Gasteiger partial charge in [0, 0.05) is 0 Å². The van der Waals surface area contributed by atoms with E-state index in [1.807, 2.05) is 0 Å². The number of halogens is 2.